The van der Waals surface area contributed by atoms with E-state index in [0.717, 1.165) is 5.56 Å². The highest BCUT2D eigenvalue weighted by Gasteiger charge is 2.15. The molecule has 0 aliphatic carbocycles. The van der Waals surface area contributed by atoms with Crippen LogP contribution in [0.3, 0.4) is 0 Å². The average Bonchev–Trinajstić information content (AvgIpc) is 2.44. The van der Waals surface area contributed by atoms with Gasteiger partial charge in [0.2, 0.25) is 5.91 Å². The molecule has 20 heavy (non-hydrogen) atoms. The maximum atomic E-state index is 11.7. The highest BCUT2D eigenvalue weighted by molar-refractivity contribution is 5.79. The lowest BCUT2D eigenvalue weighted by molar-refractivity contribution is -0.141. The maximum Gasteiger partial charge on any atom is 0.308 e. The van der Waals surface area contributed by atoms with Crippen molar-refractivity contribution in [2.75, 3.05) is 19.8 Å². The summed E-state index contributed by atoms with van der Waals surface area (Å²) < 4.78 is 10.8. The number of hydrogen-bond acceptors (Lipinski definition) is 4. The number of carboxylic acids is 1. The minimum Gasteiger partial charge on any atom is -0.486 e. The van der Waals surface area contributed by atoms with Crippen LogP contribution in [-0.4, -0.2) is 36.7 Å². The number of rotatable bonds is 5. The smallest absolute Gasteiger partial charge is 0.308 e. The topological polar surface area (TPSA) is 84.9 Å². The summed E-state index contributed by atoms with van der Waals surface area (Å²) in [5, 5.41) is 11.3. The summed E-state index contributed by atoms with van der Waals surface area (Å²) in [5.41, 5.74) is 0.801. The highest BCUT2D eigenvalue weighted by atomic mass is 16.6. The van der Waals surface area contributed by atoms with Gasteiger partial charge in [0, 0.05) is 6.54 Å². The molecule has 2 N–H and O–H groups in total. The summed E-state index contributed by atoms with van der Waals surface area (Å²) in [6.45, 7) is 2.70. The molecule has 1 aliphatic heterocycles. The molecule has 0 radical (unpaired) electrons. The fraction of sp³-hybridized carbons (Fsp3) is 0.429. The van der Waals surface area contributed by atoms with E-state index in [-0.39, 0.29) is 18.9 Å². The van der Waals surface area contributed by atoms with Crippen molar-refractivity contribution < 1.29 is 24.2 Å². The first-order chi connectivity index (χ1) is 9.56. The molecule has 108 valence electrons. The van der Waals surface area contributed by atoms with Gasteiger partial charge in [-0.05, 0) is 17.7 Å². The number of amides is 1. The summed E-state index contributed by atoms with van der Waals surface area (Å²) in [6.07, 6.45) is 0.184. The molecule has 1 aromatic rings. The molecule has 1 aromatic carbocycles. The molecule has 1 atom stereocenters. The van der Waals surface area contributed by atoms with Crippen LogP contribution in [0.1, 0.15) is 12.5 Å². The maximum absolute atomic E-state index is 11.7. The first kappa shape index (κ1) is 14.2. The van der Waals surface area contributed by atoms with Crippen molar-refractivity contribution in [2.45, 2.75) is 13.3 Å². The average molecular weight is 279 g/mol. The fourth-order valence-corrected chi connectivity index (χ4v) is 1.80. The van der Waals surface area contributed by atoms with Crippen LogP contribution in [0.2, 0.25) is 0 Å². The van der Waals surface area contributed by atoms with Crippen LogP contribution in [0.5, 0.6) is 11.5 Å². The van der Waals surface area contributed by atoms with Crippen LogP contribution < -0.4 is 14.8 Å². The number of ether oxygens (including phenoxy) is 2. The van der Waals surface area contributed by atoms with E-state index in [1.807, 2.05) is 0 Å². The molecule has 1 aliphatic rings. The van der Waals surface area contributed by atoms with Crippen LogP contribution in [0.15, 0.2) is 18.2 Å². The molecule has 0 fully saturated rings. The van der Waals surface area contributed by atoms with Gasteiger partial charge in [0.25, 0.3) is 0 Å². The van der Waals surface area contributed by atoms with E-state index in [4.69, 9.17) is 14.6 Å². The molecule has 1 heterocycles. The van der Waals surface area contributed by atoms with Gasteiger partial charge in [-0.3, -0.25) is 9.59 Å². The first-order valence-electron chi connectivity index (χ1n) is 6.44. The molecule has 0 bridgehead atoms. The van der Waals surface area contributed by atoms with Gasteiger partial charge in [-0.2, -0.15) is 0 Å². The van der Waals surface area contributed by atoms with Gasteiger partial charge in [0.15, 0.2) is 11.5 Å². The Morgan fingerprint density at radius 1 is 1.30 bits per heavy atom. The molecule has 2 rings (SSSR count). The van der Waals surface area contributed by atoms with Gasteiger partial charge in [-0.15, -0.1) is 0 Å². The van der Waals surface area contributed by atoms with E-state index in [1.54, 1.807) is 25.1 Å². The Morgan fingerprint density at radius 2 is 2.00 bits per heavy atom. The third-order valence-electron chi connectivity index (χ3n) is 3.00. The molecular formula is C14H17NO5. The Morgan fingerprint density at radius 3 is 2.70 bits per heavy atom. The summed E-state index contributed by atoms with van der Waals surface area (Å²) in [4.78, 5) is 22.4. The Kier molecular flexibility index (Phi) is 4.45. The van der Waals surface area contributed by atoms with Crippen LogP contribution in [-0.2, 0) is 16.0 Å². The Labute approximate surface area is 116 Å². The number of carboxylic acid groups (broad SMARTS) is 1. The Bertz CT molecular complexity index is 514. The lowest BCUT2D eigenvalue weighted by Crippen LogP contribution is -2.32. The predicted molar refractivity (Wildman–Crippen MR) is 70.9 cm³/mol. The van der Waals surface area contributed by atoms with Crippen molar-refractivity contribution in [3.05, 3.63) is 23.8 Å². The predicted octanol–water partition coefficient (Wildman–Crippen LogP) is 0.837. The third-order valence-corrected chi connectivity index (χ3v) is 3.00. The molecule has 0 saturated carbocycles. The number of nitrogens with one attached hydrogen (secondary N) is 1. The lowest BCUT2D eigenvalue weighted by atomic mass is 10.1. The number of carbonyl (C=O) groups excluding carboxylic acids is 1. The van der Waals surface area contributed by atoms with Crippen molar-refractivity contribution in [2.24, 2.45) is 5.92 Å². The number of fused-ring (bicyclic) bond motifs is 1. The Hall–Kier alpha value is -2.24. The quantitative estimate of drug-likeness (QED) is 0.834. The molecule has 0 aromatic heterocycles. The fourth-order valence-electron chi connectivity index (χ4n) is 1.80. The van der Waals surface area contributed by atoms with Crippen LogP contribution in [0, 0.1) is 5.92 Å². The summed E-state index contributed by atoms with van der Waals surface area (Å²) >= 11 is 0. The zero-order chi connectivity index (χ0) is 14.5. The molecule has 0 spiro atoms. The van der Waals surface area contributed by atoms with Gasteiger partial charge in [-0.25, -0.2) is 0 Å². The zero-order valence-corrected chi connectivity index (χ0v) is 11.2. The minimum absolute atomic E-state index is 0.124. The largest absolute Gasteiger partial charge is 0.486 e. The van der Waals surface area contributed by atoms with Crippen molar-refractivity contribution >= 4 is 11.9 Å². The second-order valence-corrected chi connectivity index (χ2v) is 4.70. The lowest BCUT2D eigenvalue weighted by Gasteiger charge is -2.18. The summed E-state index contributed by atoms with van der Waals surface area (Å²) in [5.74, 6) is -0.418. The van der Waals surface area contributed by atoms with Crippen LogP contribution in [0.25, 0.3) is 0 Å². The zero-order valence-electron chi connectivity index (χ0n) is 11.2. The molecule has 6 heteroatoms. The molecule has 0 saturated heterocycles. The van der Waals surface area contributed by atoms with E-state index in [2.05, 4.69) is 5.32 Å². The number of aliphatic carboxylic acids is 1. The second kappa shape index (κ2) is 6.27. The van der Waals surface area contributed by atoms with Crippen molar-refractivity contribution in [1.29, 1.82) is 0 Å². The highest BCUT2D eigenvalue weighted by Crippen LogP contribution is 2.30. The van der Waals surface area contributed by atoms with Crippen LogP contribution in [0.4, 0.5) is 0 Å². The monoisotopic (exact) mass is 279 g/mol. The van der Waals surface area contributed by atoms with E-state index in [9.17, 15) is 9.59 Å². The second-order valence-electron chi connectivity index (χ2n) is 4.70. The molecule has 6 nitrogen and oxygen atoms in total. The van der Waals surface area contributed by atoms with Crippen LogP contribution >= 0.6 is 0 Å². The number of hydrogen-bond donors (Lipinski definition) is 2. The standard InChI is InChI=1S/C14H17NO5/c1-9(14(17)18)8-15-13(16)7-10-2-3-11-12(6-10)20-5-4-19-11/h2-3,6,9H,4-5,7-8H2,1H3,(H,15,16)(H,17,18). The van der Waals surface area contributed by atoms with E-state index >= 15 is 0 Å². The van der Waals surface area contributed by atoms with Gasteiger partial charge in [0.1, 0.15) is 13.2 Å². The van der Waals surface area contributed by atoms with Crippen molar-refractivity contribution in [1.82, 2.24) is 5.32 Å². The van der Waals surface area contributed by atoms with E-state index in [1.165, 1.54) is 0 Å². The van der Waals surface area contributed by atoms with E-state index < -0.39 is 11.9 Å². The molecule has 1 unspecified atom stereocenters. The molecular weight excluding hydrogens is 262 g/mol. The van der Waals surface area contributed by atoms with Gasteiger partial charge >= 0.3 is 5.97 Å². The van der Waals surface area contributed by atoms with Gasteiger partial charge in [-0.1, -0.05) is 13.0 Å². The number of carbonyl (C=O) groups is 2. The Balaban J connectivity index is 1.89. The normalized spacial score (nSPS) is 14.4. The SMILES string of the molecule is CC(CNC(=O)Cc1ccc2c(c1)OCCO2)C(=O)O. The van der Waals surface area contributed by atoms with Gasteiger partial charge in [0.05, 0.1) is 12.3 Å². The minimum atomic E-state index is -0.926. The summed E-state index contributed by atoms with van der Waals surface area (Å²) in [6, 6.07) is 5.35. The number of benzene rings is 1. The molecule has 1 amide bonds. The first-order valence-corrected chi connectivity index (χ1v) is 6.44. The van der Waals surface area contributed by atoms with E-state index in [0.29, 0.717) is 24.7 Å². The van der Waals surface area contributed by atoms with Crippen molar-refractivity contribution in [3.8, 4) is 11.5 Å². The summed E-state index contributed by atoms with van der Waals surface area (Å²) in [7, 11) is 0. The third kappa shape index (κ3) is 3.63. The van der Waals surface area contributed by atoms with Gasteiger partial charge < -0.3 is 19.9 Å². The van der Waals surface area contributed by atoms with Crippen molar-refractivity contribution in [3.63, 3.8) is 0 Å².